The molecule has 1 aromatic heterocycles. The zero-order valence-corrected chi connectivity index (χ0v) is 11.5. The highest BCUT2D eigenvalue weighted by Crippen LogP contribution is 2.15. The van der Waals surface area contributed by atoms with Gasteiger partial charge in [-0.2, -0.15) is 0 Å². The molecule has 2 N–H and O–H groups in total. The summed E-state index contributed by atoms with van der Waals surface area (Å²) < 4.78 is 13.0. The van der Waals surface area contributed by atoms with E-state index in [-0.39, 0.29) is 17.5 Å². The van der Waals surface area contributed by atoms with E-state index in [9.17, 15) is 9.18 Å². The van der Waals surface area contributed by atoms with Crippen molar-refractivity contribution in [2.75, 3.05) is 12.4 Å². The number of hydrogen-bond acceptors (Lipinski definition) is 3. The lowest BCUT2D eigenvalue weighted by atomic mass is 10.2. The molecule has 0 aliphatic heterocycles. The summed E-state index contributed by atoms with van der Waals surface area (Å²) in [5.41, 5.74) is 1.03. The van der Waals surface area contributed by atoms with Gasteiger partial charge in [0.2, 0.25) is 0 Å². The number of hydrogen-bond donors (Lipinski definition) is 2. The van der Waals surface area contributed by atoms with Crippen molar-refractivity contribution in [1.82, 2.24) is 10.3 Å². The molecule has 104 valence electrons. The molecule has 0 saturated heterocycles. The molecule has 0 aliphatic rings. The van der Waals surface area contributed by atoms with Crippen LogP contribution in [0.2, 0.25) is 5.02 Å². The average Bonchev–Trinajstić information content (AvgIpc) is 2.48. The van der Waals surface area contributed by atoms with Crippen molar-refractivity contribution in [3.63, 3.8) is 0 Å². The minimum atomic E-state index is -0.481. The minimum absolute atomic E-state index is 0.0343. The number of carbonyl (C=O) groups is 1. The van der Waals surface area contributed by atoms with Crippen LogP contribution in [-0.2, 0) is 6.54 Å². The molecule has 0 atom stereocenters. The van der Waals surface area contributed by atoms with Crippen LogP contribution in [0.25, 0.3) is 0 Å². The third kappa shape index (κ3) is 3.45. The van der Waals surface area contributed by atoms with Crippen molar-refractivity contribution in [2.24, 2.45) is 0 Å². The fourth-order valence-corrected chi connectivity index (χ4v) is 1.83. The first kappa shape index (κ1) is 14.3. The van der Waals surface area contributed by atoms with Gasteiger partial charge in [-0.3, -0.25) is 4.79 Å². The van der Waals surface area contributed by atoms with Crippen molar-refractivity contribution in [3.05, 3.63) is 58.5 Å². The Bertz CT molecular complexity index is 634. The Labute approximate surface area is 121 Å². The summed E-state index contributed by atoms with van der Waals surface area (Å²) in [6, 6.07) is 9.43. The molecule has 1 heterocycles. The summed E-state index contributed by atoms with van der Waals surface area (Å²) in [5.74, 6) is -0.171. The summed E-state index contributed by atoms with van der Waals surface area (Å²) in [4.78, 5) is 16.1. The third-order valence-electron chi connectivity index (χ3n) is 2.67. The van der Waals surface area contributed by atoms with E-state index in [0.29, 0.717) is 11.5 Å². The molecule has 20 heavy (non-hydrogen) atoms. The predicted octanol–water partition coefficient (Wildman–Crippen LogP) is 2.85. The maximum atomic E-state index is 13.0. The second-order valence-corrected chi connectivity index (χ2v) is 4.50. The summed E-state index contributed by atoms with van der Waals surface area (Å²) in [5, 5.41) is 5.60. The normalized spacial score (nSPS) is 10.2. The van der Waals surface area contributed by atoms with Crippen molar-refractivity contribution in [3.8, 4) is 0 Å². The molecule has 6 heteroatoms. The minimum Gasteiger partial charge on any atom is -0.373 e. The highest BCUT2D eigenvalue weighted by Gasteiger charge is 2.08. The molecule has 0 aliphatic carbocycles. The second kappa shape index (κ2) is 6.34. The molecule has 0 radical (unpaired) electrons. The second-order valence-electron chi connectivity index (χ2n) is 4.09. The lowest BCUT2D eigenvalue weighted by Gasteiger charge is -2.07. The summed E-state index contributed by atoms with van der Waals surface area (Å²) in [6.07, 6.45) is 0. The van der Waals surface area contributed by atoms with Gasteiger partial charge in [0.25, 0.3) is 5.91 Å². The average molecular weight is 294 g/mol. The van der Waals surface area contributed by atoms with Gasteiger partial charge < -0.3 is 10.6 Å². The van der Waals surface area contributed by atoms with Gasteiger partial charge >= 0.3 is 0 Å². The van der Waals surface area contributed by atoms with E-state index in [2.05, 4.69) is 15.6 Å². The van der Waals surface area contributed by atoms with Crippen molar-refractivity contribution in [1.29, 1.82) is 0 Å². The summed E-state index contributed by atoms with van der Waals surface area (Å²) >= 11 is 5.68. The van der Waals surface area contributed by atoms with Crippen LogP contribution < -0.4 is 10.6 Å². The van der Waals surface area contributed by atoms with E-state index in [0.717, 1.165) is 5.56 Å². The topological polar surface area (TPSA) is 54.0 Å². The Morgan fingerprint density at radius 3 is 2.85 bits per heavy atom. The predicted molar refractivity (Wildman–Crippen MR) is 76.4 cm³/mol. The third-order valence-corrected chi connectivity index (χ3v) is 2.96. The van der Waals surface area contributed by atoms with Crippen LogP contribution in [0.3, 0.4) is 0 Å². The number of aromatic nitrogens is 1. The SMILES string of the molecule is CNc1cccc(C(=O)NCc2ccc(F)c(Cl)c2)n1. The van der Waals surface area contributed by atoms with Crippen LogP contribution in [0, 0.1) is 5.82 Å². The van der Waals surface area contributed by atoms with Gasteiger partial charge in [0.05, 0.1) is 5.02 Å². The van der Waals surface area contributed by atoms with Crippen LogP contribution in [0.1, 0.15) is 16.1 Å². The standard InChI is InChI=1S/C14H13ClFN3O/c1-17-13-4-2-3-12(19-13)14(20)18-8-9-5-6-11(16)10(15)7-9/h2-7H,8H2,1H3,(H,17,19)(H,18,20). The van der Waals surface area contributed by atoms with Crippen molar-refractivity contribution >= 4 is 23.3 Å². The van der Waals surface area contributed by atoms with Crippen LogP contribution >= 0.6 is 11.6 Å². The molecule has 0 bridgehead atoms. The molecule has 2 rings (SSSR count). The van der Waals surface area contributed by atoms with Gasteiger partial charge in [-0.15, -0.1) is 0 Å². The highest BCUT2D eigenvalue weighted by molar-refractivity contribution is 6.30. The molecule has 1 aromatic carbocycles. The Morgan fingerprint density at radius 2 is 2.15 bits per heavy atom. The van der Waals surface area contributed by atoms with Gasteiger partial charge in [-0.25, -0.2) is 9.37 Å². The fourth-order valence-electron chi connectivity index (χ4n) is 1.62. The first-order valence-electron chi connectivity index (χ1n) is 5.97. The Balaban J connectivity index is 2.02. The Hall–Kier alpha value is -2.14. The molecule has 4 nitrogen and oxygen atoms in total. The number of anilines is 1. The van der Waals surface area contributed by atoms with E-state index < -0.39 is 5.82 Å². The van der Waals surface area contributed by atoms with E-state index in [1.54, 1.807) is 31.3 Å². The number of nitrogens with zero attached hydrogens (tertiary/aromatic N) is 1. The molecule has 0 fully saturated rings. The van der Waals surface area contributed by atoms with Crippen molar-refractivity contribution in [2.45, 2.75) is 6.54 Å². The maximum absolute atomic E-state index is 13.0. The van der Waals surface area contributed by atoms with Gasteiger partial charge in [-0.1, -0.05) is 23.7 Å². The quantitative estimate of drug-likeness (QED) is 0.911. The number of amides is 1. The number of halogens is 2. The van der Waals surface area contributed by atoms with Crippen LogP contribution in [-0.4, -0.2) is 17.9 Å². The van der Waals surface area contributed by atoms with E-state index in [4.69, 9.17) is 11.6 Å². The largest absolute Gasteiger partial charge is 0.373 e. The highest BCUT2D eigenvalue weighted by atomic mass is 35.5. The zero-order valence-electron chi connectivity index (χ0n) is 10.8. The first-order valence-corrected chi connectivity index (χ1v) is 6.35. The van der Waals surface area contributed by atoms with Gasteiger partial charge in [0.1, 0.15) is 17.3 Å². The number of pyridine rings is 1. The maximum Gasteiger partial charge on any atom is 0.270 e. The lowest BCUT2D eigenvalue weighted by molar-refractivity contribution is 0.0946. The first-order chi connectivity index (χ1) is 9.60. The lowest BCUT2D eigenvalue weighted by Crippen LogP contribution is -2.24. The number of nitrogens with one attached hydrogen (secondary N) is 2. The zero-order chi connectivity index (χ0) is 14.5. The number of benzene rings is 1. The molecule has 0 saturated carbocycles. The van der Waals surface area contributed by atoms with E-state index in [1.165, 1.54) is 12.1 Å². The molecule has 2 aromatic rings. The van der Waals surface area contributed by atoms with E-state index >= 15 is 0 Å². The van der Waals surface area contributed by atoms with Gasteiger partial charge in [-0.05, 0) is 29.8 Å². The van der Waals surface area contributed by atoms with Gasteiger partial charge in [0, 0.05) is 13.6 Å². The Kier molecular flexibility index (Phi) is 4.53. The molecule has 1 amide bonds. The fraction of sp³-hybridized carbons (Fsp3) is 0.143. The van der Waals surface area contributed by atoms with Crippen LogP contribution in [0.4, 0.5) is 10.2 Å². The van der Waals surface area contributed by atoms with Crippen LogP contribution in [0.15, 0.2) is 36.4 Å². The molecular weight excluding hydrogens is 281 g/mol. The smallest absolute Gasteiger partial charge is 0.270 e. The van der Waals surface area contributed by atoms with Crippen molar-refractivity contribution < 1.29 is 9.18 Å². The molecule has 0 unspecified atom stereocenters. The number of carbonyl (C=O) groups excluding carboxylic acids is 1. The Morgan fingerprint density at radius 1 is 1.35 bits per heavy atom. The summed E-state index contributed by atoms with van der Waals surface area (Å²) in [7, 11) is 1.73. The summed E-state index contributed by atoms with van der Waals surface area (Å²) in [6.45, 7) is 0.254. The monoisotopic (exact) mass is 293 g/mol. The molecule has 0 spiro atoms. The van der Waals surface area contributed by atoms with E-state index in [1.807, 2.05) is 0 Å². The number of rotatable bonds is 4. The molecular formula is C14H13ClFN3O. The van der Waals surface area contributed by atoms with Crippen LogP contribution in [0.5, 0.6) is 0 Å². The van der Waals surface area contributed by atoms with Gasteiger partial charge in [0.15, 0.2) is 0 Å².